The van der Waals surface area contributed by atoms with E-state index in [2.05, 4.69) is 24.0 Å². The number of imidazole rings is 1. The molecule has 0 amide bonds. The van der Waals surface area contributed by atoms with E-state index in [1.165, 1.54) is 0 Å². The molecule has 1 N–H and O–H groups in total. The van der Waals surface area contributed by atoms with Crippen LogP contribution in [-0.4, -0.2) is 14.7 Å². The van der Waals surface area contributed by atoms with Gasteiger partial charge in [0, 0.05) is 0 Å². The molecule has 1 aliphatic rings. The number of hydrogen-bond acceptors (Lipinski definition) is 2. The molecule has 1 aromatic carbocycles. The standard InChI is InChI=1S/C16H17ClN2O/c1-11(12-6-3-2-4-7-12)19-14(10-18-16(19)17)15(20)13-8-5-9-13/h2-4,6-7,10-11,20H,5,8-9H2,1H3/t11-/m1/s1. The van der Waals surface area contributed by atoms with Gasteiger partial charge in [0.05, 0.1) is 12.2 Å². The van der Waals surface area contributed by atoms with Crippen molar-refractivity contribution in [3.8, 4) is 0 Å². The molecule has 1 atom stereocenters. The average molecular weight is 289 g/mol. The topological polar surface area (TPSA) is 38.0 Å². The molecule has 0 unspecified atom stereocenters. The number of rotatable bonds is 3. The molecule has 1 saturated carbocycles. The number of halogens is 1. The molecule has 4 heteroatoms. The summed E-state index contributed by atoms with van der Waals surface area (Å²) in [6.45, 7) is 2.06. The van der Waals surface area contributed by atoms with Crippen molar-refractivity contribution in [1.82, 2.24) is 9.55 Å². The van der Waals surface area contributed by atoms with Crippen LogP contribution in [0.25, 0.3) is 5.76 Å². The summed E-state index contributed by atoms with van der Waals surface area (Å²) in [5.41, 5.74) is 2.95. The zero-order valence-electron chi connectivity index (χ0n) is 11.4. The Morgan fingerprint density at radius 2 is 2.00 bits per heavy atom. The first kappa shape index (κ1) is 13.3. The van der Waals surface area contributed by atoms with Gasteiger partial charge in [0.15, 0.2) is 0 Å². The molecule has 0 bridgehead atoms. The van der Waals surface area contributed by atoms with Crippen molar-refractivity contribution in [3.05, 3.63) is 58.6 Å². The second kappa shape index (κ2) is 5.33. The lowest BCUT2D eigenvalue weighted by molar-refractivity contribution is 0.472. The summed E-state index contributed by atoms with van der Waals surface area (Å²) in [7, 11) is 0. The van der Waals surface area contributed by atoms with Crippen LogP contribution in [0, 0.1) is 0 Å². The van der Waals surface area contributed by atoms with E-state index in [1.54, 1.807) is 6.20 Å². The molecule has 104 valence electrons. The molecular weight excluding hydrogens is 272 g/mol. The highest BCUT2D eigenvalue weighted by Gasteiger charge is 2.22. The Hall–Kier alpha value is -1.74. The van der Waals surface area contributed by atoms with Crippen molar-refractivity contribution in [2.75, 3.05) is 0 Å². The fourth-order valence-electron chi connectivity index (χ4n) is 2.53. The lowest BCUT2D eigenvalue weighted by atomic mass is 9.90. The van der Waals surface area contributed by atoms with Crippen molar-refractivity contribution >= 4 is 17.4 Å². The third-order valence-corrected chi connectivity index (χ3v) is 4.24. The molecule has 1 aliphatic carbocycles. The van der Waals surface area contributed by atoms with Crippen LogP contribution >= 0.6 is 11.6 Å². The maximum absolute atomic E-state index is 10.4. The van der Waals surface area contributed by atoms with Crippen LogP contribution < -0.4 is 0 Å². The Morgan fingerprint density at radius 3 is 2.60 bits per heavy atom. The second-order valence-corrected chi connectivity index (χ2v) is 5.51. The largest absolute Gasteiger partial charge is 0.506 e. The first-order valence-corrected chi connectivity index (χ1v) is 7.25. The predicted octanol–water partition coefficient (Wildman–Crippen LogP) is 4.60. The van der Waals surface area contributed by atoms with Gasteiger partial charge in [-0.05, 0) is 48.9 Å². The van der Waals surface area contributed by atoms with E-state index >= 15 is 0 Å². The molecule has 3 rings (SSSR count). The van der Waals surface area contributed by atoms with Gasteiger partial charge in [0.1, 0.15) is 11.5 Å². The summed E-state index contributed by atoms with van der Waals surface area (Å²) < 4.78 is 1.89. The van der Waals surface area contributed by atoms with Crippen molar-refractivity contribution < 1.29 is 5.11 Å². The molecule has 0 spiro atoms. The third-order valence-electron chi connectivity index (χ3n) is 3.96. The van der Waals surface area contributed by atoms with Gasteiger partial charge in [-0.2, -0.15) is 0 Å². The van der Waals surface area contributed by atoms with E-state index in [1.807, 2.05) is 22.8 Å². The highest BCUT2D eigenvalue weighted by atomic mass is 35.5. The molecule has 0 saturated heterocycles. The van der Waals surface area contributed by atoms with Crippen molar-refractivity contribution in [2.45, 2.75) is 32.2 Å². The third kappa shape index (κ3) is 2.22. The highest BCUT2D eigenvalue weighted by Crippen LogP contribution is 2.34. The summed E-state index contributed by atoms with van der Waals surface area (Å²) in [5.74, 6) is 0.346. The Balaban J connectivity index is 2.03. The summed E-state index contributed by atoms with van der Waals surface area (Å²) in [4.78, 5) is 4.16. The van der Waals surface area contributed by atoms with Crippen molar-refractivity contribution in [3.63, 3.8) is 0 Å². The van der Waals surface area contributed by atoms with E-state index < -0.39 is 0 Å². The predicted molar refractivity (Wildman–Crippen MR) is 80.9 cm³/mol. The Labute approximate surface area is 123 Å². The summed E-state index contributed by atoms with van der Waals surface area (Å²) >= 11 is 6.22. The van der Waals surface area contributed by atoms with Crippen LogP contribution in [0.4, 0.5) is 0 Å². The van der Waals surface area contributed by atoms with Crippen LogP contribution in [0.15, 0.2) is 42.1 Å². The van der Waals surface area contributed by atoms with E-state index in [0.717, 1.165) is 30.4 Å². The van der Waals surface area contributed by atoms with Crippen molar-refractivity contribution in [2.24, 2.45) is 0 Å². The van der Waals surface area contributed by atoms with Crippen molar-refractivity contribution in [1.29, 1.82) is 0 Å². The van der Waals surface area contributed by atoms with E-state index in [-0.39, 0.29) is 6.04 Å². The number of aromatic nitrogens is 2. The lowest BCUT2D eigenvalue weighted by Crippen LogP contribution is -2.12. The molecule has 3 nitrogen and oxygen atoms in total. The number of allylic oxidation sites excluding steroid dienone is 1. The molecule has 1 aromatic heterocycles. The van der Waals surface area contributed by atoms with Gasteiger partial charge >= 0.3 is 0 Å². The zero-order valence-corrected chi connectivity index (χ0v) is 12.1. The van der Waals surface area contributed by atoms with Gasteiger partial charge in [0.2, 0.25) is 5.28 Å². The number of aliphatic hydroxyl groups excluding tert-OH is 1. The van der Waals surface area contributed by atoms with Gasteiger partial charge < -0.3 is 9.67 Å². The molecule has 0 aliphatic heterocycles. The molecule has 0 radical (unpaired) electrons. The van der Waals surface area contributed by atoms with Crippen LogP contribution in [0.2, 0.25) is 5.28 Å². The number of benzene rings is 1. The van der Waals surface area contributed by atoms with E-state index in [0.29, 0.717) is 16.7 Å². The molecule has 1 fully saturated rings. The quantitative estimate of drug-likeness (QED) is 0.838. The monoisotopic (exact) mass is 288 g/mol. The zero-order chi connectivity index (χ0) is 14.1. The number of nitrogens with zero attached hydrogens (tertiary/aromatic N) is 2. The van der Waals surface area contributed by atoms with E-state index in [9.17, 15) is 5.11 Å². The normalized spacial score (nSPS) is 15.8. The summed E-state index contributed by atoms with van der Waals surface area (Å²) in [5, 5.41) is 10.8. The van der Waals surface area contributed by atoms with Gasteiger partial charge in [-0.25, -0.2) is 4.98 Å². The highest BCUT2D eigenvalue weighted by molar-refractivity contribution is 6.28. The SMILES string of the molecule is C[C@H](c1ccccc1)n1c(C(O)=C2CCC2)cnc1Cl. The van der Waals surface area contributed by atoms with Gasteiger partial charge in [-0.15, -0.1) is 0 Å². The minimum absolute atomic E-state index is 0.0315. The van der Waals surface area contributed by atoms with Crippen LogP contribution in [0.5, 0.6) is 0 Å². The van der Waals surface area contributed by atoms with Crippen LogP contribution in [0.1, 0.15) is 43.5 Å². The molecule has 20 heavy (non-hydrogen) atoms. The minimum Gasteiger partial charge on any atom is -0.506 e. The summed E-state index contributed by atoms with van der Waals surface area (Å²) in [6, 6.07) is 10.1. The van der Waals surface area contributed by atoms with Gasteiger partial charge in [-0.3, -0.25) is 0 Å². The lowest BCUT2D eigenvalue weighted by Gasteiger charge is -2.22. The number of hydrogen-bond donors (Lipinski definition) is 1. The minimum atomic E-state index is 0.0315. The van der Waals surface area contributed by atoms with Crippen LogP contribution in [-0.2, 0) is 0 Å². The van der Waals surface area contributed by atoms with Gasteiger partial charge in [-0.1, -0.05) is 30.3 Å². The van der Waals surface area contributed by atoms with Gasteiger partial charge in [0.25, 0.3) is 0 Å². The molecule has 2 aromatic rings. The Morgan fingerprint density at radius 1 is 1.30 bits per heavy atom. The first-order chi connectivity index (χ1) is 9.68. The Kier molecular flexibility index (Phi) is 3.53. The number of aliphatic hydroxyl groups is 1. The molecule has 1 heterocycles. The fraction of sp³-hybridized carbons (Fsp3) is 0.312. The Bertz CT molecular complexity index is 640. The average Bonchev–Trinajstić information content (AvgIpc) is 2.79. The maximum Gasteiger partial charge on any atom is 0.203 e. The fourth-order valence-corrected chi connectivity index (χ4v) is 2.82. The first-order valence-electron chi connectivity index (χ1n) is 6.87. The maximum atomic E-state index is 10.4. The van der Waals surface area contributed by atoms with E-state index in [4.69, 9.17) is 11.6 Å². The smallest absolute Gasteiger partial charge is 0.203 e. The summed E-state index contributed by atoms with van der Waals surface area (Å²) in [6.07, 6.45) is 4.74. The van der Waals surface area contributed by atoms with Crippen LogP contribution in [0.3, 0.4) is 0 Å². The second-order valence-electron chi connectivity index (χ2n) is 5.17. The molecular formula is C16H17ClN2O.